The molecule has 0 fully saturated rings. The van der Waals surface area contributed by atoms with Gasteiger partial charge in [0, 0.05) is 23.9 Å². The number of nitrogens with one attached hydrogen (secondary N) is 1. The molecule has 0 aromatic heterocycles. The number of aryl methyl sites for hydroxylation is 1. The molecule has 0 spiro atoms. The van der Waals surface area contributed by atoms with Crippen LogP contribution in [0, 0.1) is 6.92 Å². The smallest absolute Gasteiger partial charge is 0.0435 e. The van der Waals surface area contributed by atoms with Crippen LogP contribution in [0.25, 0.3) is 0 Å². The van der Waals surface area contributed by atoms with Crippen LogP contribution in [0.15, 0.2) is 18.2 Å². The van der Waals surface area contributed by atoms with Crippen molar-refractivity contribution in [2.45, 2.75) is 13.5 Å². The van der Waals surface area contributed by atoms with Gasteiger partial charge in [0.2, 0.25) is 0 Å². The fraction of sp³-hybridized carbons (Fsp3) is 0.455. The van der Waals surface area contributed by atoms with E-state index in [2.05, 4.69) is 23.7 Å². The normalized spacial score (nSPS) is 10.6. The number of hydrogen-bond donors (Lipinski definition) is 1. The maximum absolute atomic E-state index is 5.96. The summed E-state index contributed by atoms with van der Waals surface area (Å²) in [7, 11) is 3.69. The number of rotatable bonds is 6. The third kappa shape index (κ3) is 5.16. The van der Waals surface area contributed by atoms with Crippen LogP contribution >= 0.6 is 33.2 Å². The molecule has 1 rings (SSSR count). The van der Waals surface area contributed by atoms with Gasteiger partial charge in [-0.05, 0) is 30.4 Å². The fourth-order valence-corrected chi connectivity index (χ4v) is 2.51. The predicted octanol–water partition coefficient (Wildman–Crippen LogP) is 3.75. The number of hydrogen-bond acceptors (Lipinski definition) is 3. The second kappa shape index (κ2) is 7.44. The van der Waals surface area contributed by atoms with E-state index in [1.807, 2.05) is 34.6 Å². The van der Waals surface area contributed by atoms with Gasteiger partial charge in [-0.25, -0.2) is 0 Å². The van der Waals surface area contributed by atoms with Gasteiger partial charge in [-0.2, -0.15) is 0 Å². The van der Waals surface area contributed by atoms with Crippen LogP contribution in [0.4, 0.5) is 0 Å². The highest BCUT2D eigenvalue weighted by molar-refractivity contribution is 8.76. The fourth-order valence-electron chi connectivity index (χ4n) is 1.25. The van der Waals surface area contributed by atoms with E-state index >= 15 is 0 Å². The SMILES string of the molecule is CSSCCNCc1ccc(Cl)c(C)c1. The van der Waals surface area contributed by atoms with E-state index in [1.165, 1.54) is 5.56 Å². The standard InChI is InChI=1S/C11H16ClNS2/c1-9-7-10(3-4-11(9)12)8-13-5-6-15-14-2/h3-4,7,13H,5-6,8H2,1-2H3. The molecule has 0 aliphatic heterocycles. The van der Waals surface area contributed by atoms with Gasteiger partial charge in [-0.1, -0.05) is 45.3 Å². The predicted molar refractivity (Wildman–Crippen MR) is 73.9 cm³/mol. The molecule has 1 aromatic rings. The third-order valence-corrected chi connectivity index (χ3v) is 4.27. The van der Waals surface area contributed by atoms with Gasteiger partial charge in [-0.3, -0.25) is 0 Å². The Morgan fingerprint density at radius 1 is 1.40 bits per heavy atom. The van der Waals surface area contributed by atoms with Gasteiger partial charge in [0.25, 0.3) is 0 Å². The summed E-state index contributed by atoms with van der Waals surface area (Å²) in [6, 6.07) is 6.17. The van der Waals surface area contributed by atoms with Gasteiger partial charge in [-0.15, -0.1) is 0 Å². The Morgan fingerprint density at radius 2 is 2.20 bits per heavy atom. The molecule has 0 bridgehead atoms. The van der Waals surface area contributed by atoms with Crippen molar-refractivity contribution in [3.8, 4) is 0 Å². The van der Waals surface area contributed by atoms with Crippen LogP contribution in [-0.4, -0.2) is 18.6 Å². The van der Waals surface area contributed by atoms with Crippen LogP contribution in [0.2, 0.25) is 5.02 Å². The third-order valence-electron chi connectivity index (χ3n) is 2.03. The van der Waals surface area contributed by atoms with Gasteiger partial charge in [0.05, 0.1) is 0 Å². The summed E-state index contributed by atoms with van der Waals surface area (Å²) in [5.41, 5.74) is 2.44. The molecule has 0 aliphatic rings. The van der Waals surface area contributed by atoms with E-state index in [0.717, 1.165) is 29.4 Å². The largest absolute Gasteiger partial charge is 0.312 e. The van der Waals surface area contributed by atoms with E-state index < -0.39 is 0 Å². The van der Waals surface area contributed by atoms with Crippen molar-refractivity contribution >= 4 is 33.2 Å². The zero-order valence-electron chi connectivity index (χ0n) is 9.05. The van der Waals surface area contributed by atoms with Crippen LogP contribution < -0.4 is 5.32 Å². The lowest BCUT2D eigenvalue weighted by atomic mass is 10.1. The molecule has 0 radical (unpaired) electrons. The summed E-state index contributed by atoms with van der Waals surface area (Å²) in [4.78, 5) is 0. The minimum Gasteiger partial charge on any atom is -0.312 e. The zero-order chi connectivity index (χ0) is 11.1. The van der Waals surface area contributed by atoms with E-state index in [1.54, 1.807) is 0 Å². The Kier molecular flexibility index (Phi) is 6.57. The Morgan fingerprint density at radius 3 is 2.87 bits per heavy atom. The van der Waals surface area contributed by atoms with Crippen LogP contribution in [-0.2, 0) is 6.54 Å². The minimum atomic E-state index is 0.844. The van der Waals surface area contributed by atoms with Gasteiger partial charge in [0.1, 0.15) is 0 Å². The summed E-state index contributed by atoms with van der Waals surface area (Å²) in [6.07, 6.45) is 2.10. The van der Waals surface area contributed by atoms with Crippen molar-refractivity contribution in [1.82, 2.24) is 5.32 Å². The molecule has 0 aliphatic carbocycles. The first-order chi connectivity index (χ1) is 7.24. The maximum atomic E-state index is 5.96. The first kappa shape index (κ1) is 13.2. The molecular formula is C11H16ClNS2. The molecule has 0 amide bonds. The maximum Gasteiger partial charge on any atom is 0.0435 e. The molecule has 0 saturated carbocycles. The quantitative estimate of drug-likeness (QED) is 0.619. The van der Waals surface area contributed by atoms with E-state index in [4.69, 9.17) is 11.6 Å². The van der Waals surface area contributed by atoms with Crippen molar-refractivity contribution in [2.75, 3.05) is 18.6 Å². The molecule has 0 atom stereocenters. The Balaban J connectivity index is 2.28. The molecule has 15 heavy (non-hydrogen) atoms. The Bertz CT molecular complexity index is 305. The average molecular weight is 262 g/mol. The molecule has 1 nitrogen and oxygen atoms in total. The average Bonchev–Trinajstić information content (AvgIpc) is 2.23. The molecular weight excluding hydrogens is 246 g/mol. The molecule has 0 heterocycles. The zero-order valence-corrected chi connectivity index (χ0v) is 11.4. The van der Waals surface area contributed by atoms with Crippen LogP contribution in [0.5, 0.6) is 0 Å². The molecule has 1 aromatic carbocycles. The highest BCUT2D eigenvalue weighted by Gasteiger charge is 1.97. The molecule has 1 N–H and O–H groups in total. The van der Waals surface area contributed by atoms with Gasteiger partial charge >= 0.3 is 0 Å². The van der Waals surface area contributed by atoms with Gasteiger partial charge in [0.15, 0.2) is 0 Å². The minimum absolute atomic E-state index is 0.844. The Hall–Kier alpha value is 0.170. The lowest BCUT2D eigenvalue weighted by Crippen LogP contribution is -2.16. The molecule has 0 saturated heterocycles. The van der Waals surface area contributed by atoms with Crippen molar-refractivity contribution in [1.29, 1.82) is 0 Å². The summed E-state index contributed by atoms with van der Waals surface area (Å²) in [6.45, 7) is 4.01. The van der Waals surface area contributed by atoms with Crippen LogP contribution in [0.3, 0.4) is 0 Å². The summed E-state index contributed by atoms with van der Waals surface area (Å²) < 4.78 is 0. The van der Waals surface area contributed by atoms with Crippen molar-refractivity contribution in [2.24, 2.45) is 0 Å². The molecule has 84 valence electrons. The van der Waals surface area contributed by atoms with Crippen molar-refractivity contribution in [3.63, 3.8) is 0 Å². The first-order valence-corrected chi connectivity index (χ1v) is 7.96. The van der Waals surface area contributed by atoms with Crippen molar-refractivity contribution < 1.29 is 0 Å². The Labute approximate surface area is 105 Å². The topological polar surface area (TPSA) is 12.0 Å². The van der Waals surface area contributed by atoms with Gasteiger partial charge < -0.3 is 5.32 Å². The monoisotopic (exact) mass is 261 g/mol. The molecule has 4 heteroatoms. The number of halogens is 1. The summed E-state index contributed by atoms with van der Waals surface area (Å²) >= 11 is 5.96. The summed E-state index contributed by atoms with van der Waals surface area (Å²) in [5.74, 6) is 1.15. The van der Waals surface area contributed by atoms with E-state index in [9.17, 15) is 0 Å². The first-order valence-electron chi connectivity index (χ1n) is 4.85. The van der Waals surface area contributed by atoms with Crippen LogP contribution in [0.1, 0.15) is 11.1 Å². The van der Waals surface area contributed by atoms with E-state index in [0.29, 0.717) is 0 Å². The summed E-state index contributed by atoms with van der Waals surface area (Å²) in [5, 5.41) is 4.25. The second-order valence-electron chi connectivity index (χ2n) is 3.25. The number of benzene rings is 1. The molecule has 0 unspecified atom stereocenters. The highest BCUT2D eigenvalue weighted by Crippen LogP contribution is 2.17. The van der Waals surface area contributed by atoms with E-state index in [-0.39, 0.29) is 0 Å². The lowest BCUT2D eigenvalue weighted by molar-refractivity contribution is 0.732. The second-order valence-corrected chi connectivity index (χ2v) is 6.34. The van der Waals surface area contributed by atoms with Crippen molar-refractivity contribution in [3.05, 3.63) is 34.3 Å². The lowest BCUT2D eigenvalue weighted by Gasteiger charge is -2.05. The highest BCUT2D eigenvalue weighted by atomic mass is 35.5.